The van der Waals surface area contributed by atoms with Gasteiger partial charge in [-0.05, 0) is 19.3 Å². The van der Waals surface area contributed by atoms with Gasteiger partial charge in [-0.25, -0.2) is 4.57 Å². The Balaban J connectivity index is 4.06. The molecule has 3 atom stereocenters. The minimum atomic E-state index is -4.34. The molecule has 0 spiro atoms. The van der Waals surface area contributed by atoms with Crippen LogP contribution in [0.25, 0.3) is 0 Å². The lowest BCUT2D eigenvalue weighted by atomic mass is 10.0. The first-order valence-corrected chi connectivity index (χ1v) is 27.3. The van der Waals surface area contributed by atoms with Crippen LogP contribution in [0.4, 0.5) is 0 Å². The Kier molecular flexibility index (Phi) is 46.1. The summed E-state index contributed by atoms with van der Waals surface area (Å²) in [5.41, 5.74) is 5.39. The number of phosphoric acid groups is 1. The van der Waals surface area contributed by atoms with Crippen LogP contribution in [-0.2, 0) is 18.4 Å². The van der Waals surface area contributed by atoms with Crippen molar-refractivity contribution in [3.63, 3.8) is 0 Å². The predicted molar refractivity (Wildman–Crippen MR) is 254 cm³/mol. The molecule has 8 nitrogen and oxygen atoms in total. The molecule has 0 aliphatic rings. The molecule has 0 aromatic rings. The monoisotopic (exact) mass is 857 g/mol. The summed E-state index contributed by atoms with van der Waals surface area (Å²) in [7, 11) is -4.34. The molecule has 0 aliphatic carbocycles. The van der Waals surface area contributed by atoms with Crippen molar-refractivity contribution < 1.29 is 28.4 Å². The molecule has 0 bridgehead atoms. The van der Waals surface area contributed by atoms with E-state index in [9.17, 15) is 19.4 Å². The third-order valence-corrected chi connectivity index (χ3v) is 12.8. The highest BCUT2D eigenvalue weighted by Crippen LogP contribution is 2.43. The molecule has 3 unspecified atom stereocenters. The van der Waals surface area contributed by atoms with Gasteiger partial charge in [-0.15, -0.1) is 0 Å². The molecule has 0 rings (SSSR count). The number of rotatable bonds is 49. The van der Waals surface area contributed by atoms with Gasteiger partial charge in [0.15, 0.2) is 0 Å². The lowest BCUT2D eigenvalue weighted by Gasteiger charge is -2.23. The average Bonchev–Trinajstić information content (AvgIpc) is 3.22. The SMILES string of the molecule is CCCCCCCCCCCCCCCCCCCCC/C=C/C(O)C(COP(=O)(O)OCCN)NC(=O)CCCCCCCCCCCCCCCCCCCCC. The Labute approximate surface area is 366 Å². The fourth-order valence-corrected chi connectivity index (χ4v) is 8.72. The molecule has 0 aliphatic heterocycles. The number of nitrogens with two attached hydrogens (primary N) is 1. The van der Waals surface area contributed by atoms with E-state index in [0.717, 1.165) is 38.5 Å². The highest BCUT2D eigenvalue weighted by atomic mass is 31.2. The number of nitrogens with one attached hydrogen (secondary N) is 1. The largest absolute Gasteiger partial charge is 0.472 e. The highest BCUT2D eigenvalue weighted by molar-refractivity contribution is 7.47. The molecule has 0 radical (unpaired) electrons. The fraction of sp³-hybridized carbons (Fsp3) is 0.940. The summed E-state index contributed by atoms with van der Waals surface area (Å²) in [6.07, 6.45) is 54.2. The van der Waals surface area contributed by atoms with Crippen molar-refractivity contribution in [3.05, 3.63) is 12.2 Å². The second kappa shape index (κ2) is 46.7. The van der Waals surface area contributed by atoms with E-state index >= 15 is 0 Å². The Bertz CT molecular complexity index is 937. The number of carbonyl (C=O) groups is 1. The molecule has 1 amide bonds. The zero-order valence-corrected chi connectivity index (χ0v) is 40.2. The standard InChI is InChI=1S/C50H101N2O6P/c1-3-5-7-9-11-13-15-17-19-21-23-24-26-27-29-31-33-35-37-39-41-43-49(53)48(47-58-59(55,56)57-46-45-51)52-50(54)44-42-40-38-36-34-32-30-28-25-22-20-18-16-14-12-10-8-6-4-2/h41,43,48-49,53H,3-40,42,44-47,51H2,1-2H3,(H,52,54)(H,55,56)/b43-41+. The Hall–Kier alpha value is -0.760. The van der Waals surface area contributed by atoms with Crippen molar-refractivity contribution in [3.8, 4) is 0 Å². The van der Waals surface area contributed by atoms with Crippen LogP contribution >= 0.6 is 7.82 Å². The van der Waals surface area contributed by atoms with E-state index in [1.54, 1.807) is 6.08 Å². The van der Waals surface area contributed by atoms with Crippen molar-refractivity contribution in [2.24, 2.45) is 5.73 Å². The maximum atomic E-state index is 12.8. The van der Waals surface area contributed by atoms with Gasteiger partial charge in [-0.3, -0.25) is 13.8 Å². The summed E-state index contributed by atoms with van der Waals surface area (Å²) in [6, 6.07) is -0.855. The molecule has 0 aromatic carbocycles. The molecular formula is C50H101N2O6P. The molecule has 0 fully saturated rings. The molecule has 0 heterocycles. The van der Waals surface area contributed by atoms with Gasteiger partial charge in [0.05, 0.1) is 25.4 Å². The third-order valence-electron chi connectivity index (χ3n) is 11.9. The number of allylic oxidation sites excluding steroid dienone is 1. The third kappa shape index (κ3) is 45.1. The predicted octanol–water partition coefficient (Wildman–Crippen LogP) is 15.1. The van der Waals surface area contributed by atoms with Gasteiger partial charge in [-0.2, -0.15) is 0 Å². The molecule has 5 N–H and O–H groups in total. The van der Waals surface area contributed by atoms with Gasteiger partial charge in [0, 0.05) is 13.0 Å². The van der Waals surface area contributed by atoms with E-state index in [4.69, 9.17) is 14.8 Å². The molecule has 0 saturated carbocycles. The van der Waals surface area contributed by atoms with Gasteiger partial charge in [0.1, 0.15) is 0 Å². The van der Waals surface area contributed by atoms with Crippen LogP contribution in [0.2, 0.25) is 0 Å². The first kappa shape index (κ1) is 58.2. The minimum Gasteiger partial charge on any atom is -0.387 e. The van der Waals surface area contributed by atoms with E-state index < -0.39 is 20.0 Å². The second-order valence-corrected chi connectivity index (χ2v) is 19.2. The van der Waals surface area contributed by atoms with Gasteiger partial charge in [-0.1, -0.05) is 257 Å². The van der Waals surface area contributed by atoms with Crippen LogP contribution in [0.1, 0.15) is 271 Å². The number of phosphoric ester groups is 1. The van der Waals surface area contributed by atoms with Crippen LogP contribution in [0, 0.1) is 0 Å². The topological polar surface area (TPSA) is 131 Å². The summed E-state index contributed by atoms with van der Waals surface area (Å²) in [5.74, 6) is -0.188. The molecular weight excluding hydrogens is 756 g/mol. The van der Waals surface area contributed by atoms with Crippen molar-refractivity contribution in [1.82, 2.24) is 5.32 Å². The van der Waals surface area contributed by atoms with E-state index in [2.05, 4.69) is 19.2 Å². The Morgan fingerprint density at radius 2 is 0.864 bits per heavy atom. The van der Waals surface area contributed by atoms with E-state index in [1.807, 2.05) is 6.08 Å². The van der Waals surface area contributed by atoms with Crippen molar-refractivity contribution in [2.45, 2.75) is 283 Å². The summed E-state index contributed by atoms with van der Waals surface area (Å²) in [4.78, 5) is 22.8. The first-order valence-electron chi connectivity index (χ1n) is 25.8. The number of hydrogen-bond acceptors (Lipinski definition) is 6. The lowest BCUT2D eigenvalue weighted by Crippen LogP contribution is -2.45. The van der Waals surface area contributed by atoms with Crippen LogP contribution in [-0.4, -0.2) is 47.8 Å². The van der Waals surface area contributed by atoms with Gasteiger partial charge in [0.2, 0.25) is 5.91 Å². The number of unbranched alkanes of at least 4 members (excludes halogenated alkanes) is 37. The minimum absolute atomic E-state index is 0.0817. The first-order chi connectivity index (χ1) is 28.9. The van der Waals surface area contributed by atoms with Crippen LogP contribution < -0.4 is 11.1 Å². The van der Waals surface area contributed by atoms with E-state index in [-0.39, 0.29) is 25.7 Å². The maximum Gasteiger partial charge on any atom is 0.472 e. The van der Waals surface area contributed by atoms with Gasteiger partial charge in [0.25, 0.3) is 0 Å². The zero-order valence-electron chi connectivity index (χ0n) is 39.3. The van der Waals surface area contributed by atoms with Crippen LogP contribution in [0.3, 0.4) is 0 Å². The molecule has 0 aromatic heterocycles. The normalized spacial score (nSPS) is 13.9. The number of aliphatic hydroxyl groups is 1. The molecule has 59 heavy (non-hydrogen) atoms. The lowest BCUT2D eigenvalue weighted by molar-refractivity contribution is -0.123. The highest BCUT2D eigenvalue weighted by Gasteiger charge is 2.26. The summed E-state index contributed by atoms with van der Waals surface area (Å²) in [6.45, 7) is 4.19. The quantitative estimate of drug-likeness (QED) is 0.0272. The zero-order chi connectivity index (χ0) is 43.2. The summed E-state index contributed by atoms with van der Waals surface area (Å²) < 4.78 is 22.2. The fourth-order valence-electron chi connectivity index (χ4n) is 7.96. The van der Waals surface area contributed by atoms with Crippen LogP contribution in [0.15, 0.2) is 12.2 Å². The van der Waals surface area contributed by atoms with Crippen molar-refractivity contribution in [1.29, 1.82) is 0 Å². The van der Waals surface area contributed by atoms with Gasteiger partial charge >= 0.3 is 7.82 Å². The average molecular weight is 857 g/mol. The molecule has 9 heteroatoms. The molecule has 0 saturated heterocycles. The summed E-state index contributed by atoms with van der Waals surface area (Å²) in [5, 5.41) is 13.8. The van der Waals surface area contributed by atoms with Crippen molar-refractivity contribution in [2.75, 3.05) is 19.8 Å². The molecule has 352 valence electrons. The number of aliphatic hydroxyl groups excluding tert-OH is 1. The summed E-state index contributed by atoms with van der Waals surface area (Å²) >= 11 is 0. The maximum absolute atomic E-state index is 12.8. The number of hydrogen-bond donors (Lipinski definition) is 4. The van der Waals surface area contributed by atoms with Crippen molar-refractivity contribution >= 4 is 13.7 Å². The number of amides is 1. The second-order valence-electron chi connectivity index (χ2n) is 17.7. The number of carbonyl (C=O) groups excluding carboxylic acids is 1. The Morgan fingerprint density at radius 3 is 1.20 bits per heavy atom. The Morgan fingerprint density at radius 1 is 0.542 bits per heavy atom. The van der Waals surface area contributed by atoms with E-state index in [0.29, 0.717) is 6.42 Å². The van der Waals surface area contributed by atoms with E-state index in [1.165, 1.54) is 212 Å². The smallest absolute Gasteiger partial charge is 0.387 e. The van der Waals surface area contributed by atoms with Gasteiger partial charge < -0.3 is 21.1 Å². The van der Waals surface area contributed by atoms with Crippen LogP contribution in [0.5, 0.6) is 0 Å².